The fourth-order valence-electron chi connectivity index (χ4n) is 0.627. The fraction of sp³-hybridized carbons (Fsp3) is 1.00. The van der Waals surface area contributed by atoms with Crippen molar-refractivity contribution >= 4 is 21.4 Å². The molecule has 0 unspecified atom stereocenters. The van der Waals surface area contributed by atoms with Crippen molar-refractivity contribution in [1.82, 2.24) is 0 Å². The molecule has 0 aliphatic carbocycles. The molecule has 0 rings (SSSR count). The van der Waals surface area contributed by atoms with E-state index in [1.54, 1.807) is 20.8 Å². The summed E-state index contributed by atoms with van der Waals surface area (Å²) < 4.78 is 20.6. The number of hydrogen-bond acceptors (Lipinski definition) is 3. The zero-order valence-electron chi connectivity index (χ0n) is 7.70. The molecule has 0 radical (unpaired) electrons. The van der Waals surface area contributed by atoms with E-state index in [-0.39, 0.29) is 0 Å². The molecule has 0 spiro atoms. The summed E-state index contributed by atoms with van der Waals surface area (Å²) in [4.78, 5) is 0. The maximum Gasteiger partial charge on any atom is 0.166 e. The molecule has 1 N–H and O–H groups in total. The van der Waals surface area contributed by atoms with Gasteiger partial charge in [-0.25, -0.2) is 8.42 Å². The van der Waals surface area contributed by atoms with Gasteiger partial charge >= 0.3 is 0 Å². The van der Waals surface area contributed by atoms with E-state index >= 15 is 0 Å². The minimum atomic E-state index is -3.37. The quantitative estimate of drug-likeness (QED) is 0.698. The van der Waals surface area contributed by atoms with Gasteiger partial charge in [-0.2, -0.15) is 0 Å². The van der Waals surface area contributed by atoms with Crippen molar-refractivity contribution in [1.29, 1.82) is 0 Å². The number of aliphatic hydroxyl groups excluding tert-OH is 1. The van der Waals surface area contributed by atoms with E-state index in [0.717, 1.165) is 6.26 Å². The summed E-state index contributed by atoms with van der Waals surface area (Å²) in [7, 11) is -3.37. The maximum absolute atomic E-state index is 10.9. The van der Waals surface area contributed by atoms with Crippen molar-refractivity contribution in [3.8, 4) is 0 Å². The Morgan fingerprint density at radius 1 is 1.33 bits per heavy atom. The summed E-state index contributed by atoms with van der Waals surface area (Å²) in [6.45, 7) is 5.20. The summed E-state index contributed by atoms with van der Waals surface area (Å²) in [5, 5.41) is 9.48. The number of aliphatic hydroxyl groups is 1. The van der Waals surface area contributed by atoms with Crippen LogP contribution in [0.2, 0.25) is 0 Å². The Bertz CT molecular complexity index is 240. The fourth-order valence-corrected chi connectivity index (χ4v) is 1.88. The summed E-state index contributed by atoms with van der Waals surface area (Å²) >= 11 is 5.55. The lowest BCUT2D eigenvalue weighted by Crippen LogP contribution is -2.38. The molecule has 0 fully saturated rings. The van der Waals surface area contributed by atoms with Gasteiger partial charge in [0, 0.05) is 6.26 Å². The topological polar surface area (TPSA) is 54.4 Å². The Labute approximate surface area is 78.7 Å². The SMILES string of the molecule is CC(C)(C)[C@@H](O)[C@H](Cl)S(C)(=O)=O. The van der Waals surface area contributed by atoms with E-state index in [0.29, 0.717) is 0 Å². The van der Waals surface area contributed by atoms with Crippen LogP contribution in [0.4, 0.5) is 0 Å². The Hall–Kier alpha value is 0.200. The number of rotatable bonds is 2. The first-order chi connectivity index (χ1) is 5.07. The molecule has 0 saturated carbocycles. The van der Waals surface area contributed by atoms with Crippen LogP contribution in [0.5, 0.6) is 0 Å². The molecule has 5 heteroatoms. The van der Waals surface area contributed by atoms with Gasteiger partial charge in [-0.05, 0) is 5.41 Å². The van der Waals surface area contributed by atoms with E-state index in [9.17, 15) is 13.5 Å². The van der Waals surface area contributed by atoms with Crippen molar-refractivity contribution in [2.45, 2.75) is 31.6 Å². The molecule has 3 nitrogen and oxygen atoms in total. The standard InChI is InChI=1S/C7H15ClO3S/c1-7(2,3)5(9)6(8)12(4,10)11/h5-6,9H,1-4H3/t5-,6+/m0/s1. The Balaban J connectivity index is 4.64. The van der Waals surface area contributed by atoms with Gasteiger partial charge in [-0.15, -0.1) is 11.6 Å². The highest BCUT2D eigenvalue weighted by Crippen LogP contribution is 2.26. The summed E-state index contributed by atoms with van der Waals surface area (Å²) in [5.74, 6) is 0. The third kappa shape index (κ3) is 3.29. The molecule has 0 aromatic rings. The molecule has 0 heterocycles. The Morgan fingerprint density at radius 2 is 1.67 bits per heavy atom. The molecule has 0 saturated heterocycles. The number of sulfone groups is 1. The molecule has 2 atom stereocenters. The van der Waals surface area contributed by atoms with Gasteiger partial charge < -0.3 is 5.11 Å². The predicted molar refractivity (Wildman–Crippen MR) is 49.9 cm³/mol. The van der Waals surface area contributed by atoms with Crippen LogP contribution in [0.1, 0.15) is 20.8 Å². The van der Waals surface area contributed by atoms with Crippen molar-refractivity contribution < 1.29 is 13.5 Å². The normalized spacial score (nSPS) is 18.8. The van der Waals surface area contributed by atoms with Crippen molar-refractivity contribution in [3.05, 3.63) is 0 Å². The lowest BCUT2D eigenvalue weighted by atomic mass is 9.90. The first kappa shape index (κ1) is 12.2. The zero-order chi connectivity index (χ0) is 10.2. The molecular formula is C7H15ClO3S. The minimum absolute atomic E-state index is 0.518. The lowest BCUT2D eigenvalue weighted by molar-refractivity contribution is 0.0747. The summed E-state index contributed by atoms with van der Waals surface area (Å²) in [6, 6.07) is 0. The highest BCUT2D eigenvalue weighted by molar-refractivity contribution is 7.92. The third-order valence-corrected chi connectivity index (χ3v) is 3.83. The molecule has 74 valence electrons. The maximum atomic E-state index is 10.9. The van der Waals surface area contributed by atoms with Gasteiger partial charge in [0.15, 0.2) is 14.5 Å². The van der Waals surface area contributed by atoms with E-state index < -0.39 is 26.1 Å². The summed E-state index contributed by atoms with van der Waals surface area (Å²) in [6.07, 6.45) is -0.0335. The molecule has 0 bridgehead atoms. The number of halogens is 1. The van der Waals surface area contributed by atoms with Gasteiger partial charge in [0.05, 0.1) is 6.10 Å². The lowest BCUT2D eigenvalue weighted by Gasteiger charge is -2.28. The van der Waals surface area contributed by atoms with Crippen molar-refractivity contribution in [2.24, 2.45) is 5.41 Å². The van der Waals surface area contributed by atoms with Gasteiger partial charge in [0.2, 0.25) is 0 Å². The molecule has 0 aromatic heterocycles. The van der Waals surface area contributed by atoms with Crippen molar-refractivity contribution in [2.75, 3.05) is 6.26 Å². The van der Waals surface area contributed by atoms with Gasteiger partial charge in [0.1, 0.15) is 0 Å². The Kier molecular flexibility index (Phi) is 3.58. The van der Waals surface area contributed by atoms with E-state index in [4.69, 9.17) is 11.6 Å². The second-order valence-electron chi connectivity index (χ2n) is 3.99. The average molecular weight is 215 g/mol. The van der Waals surface area contributed by atoms with Crippen LogP contribution in [0, 0.1) is 5.41 Å². The highest BCUT2D eigenvalue weighted by atomic mass is 35.5. The molecule has 0 aromatic carbocycles. The number of alkyl halides is 1. The highest BCUT2D eigenvalue weighted by Gasteiger charge is 2.35. The monoisotopic (exact) mass is 214 g/mol. The molecule has 0 aliphatic heterocycles. The molecule has 12 heavy (non-hydrogen) atoms. The zero-order valence-corrected chi connectivity index (χ0v) is 9.28. The van der Waals surface area contributed by atoms with Crippen LogP contribution in [0.15, 0.2) is 0 Å². The molecule has 0 aliphatic rings. The van der Waals surface area contributed by atoms with Crippen LogP contribution in [0.25, 0.3) is 0 Å². The smallest absolute Gasteiger partial charge is 0.166 e. The predicted octanol–water partition coefficient (Wildman–Crippen LogP) is 1.00. The van der Waals surface area contributed by atoms with Crippen LogP contribution >= 0.6 is 11.6 Å². The Morgan fingerprint density at radius 3 is 1.75 bits per heavy atom. The summed E-state index contributed by atoms with van der Waals surface area (Å²) in [5.41, 5.74) is -0.518. The molecule has 0 amide bonds. The number of hydrogen-bond donors (Lipinski definition) is 1. The van der Waals surface area contributed by atoms with Crippen LogP contribution in [-0.4, -0.2) is 30.6 Å². The first-order valence-corrected chi connectivity index (χ1v) is 5.97. The average Bonchev–Trinajstić information content (AvgIpc) is 1.80. The molecular weight excluding hydrogens is 200 g/mol. The van der Waals surface area contributed by atoms with Crippen molar-refractivity contribution in [3.63, 3.8) is 0 Å². The van der Waals surface area contributed by atoms with Gasteiger partial charge in [-0.3, -0.25) is 0 Å². The minimum Gasteiger partial charge on any atom is -0.390 e. The third-order valence-electron chi connectivity index (χ3n) is 1.54. The van der Waals surface area contributed by atoms with Crippen LogP contribution in [0.3, 0.4) is 0 Å². The van der Waals surface area contributed by atoms with E-state index in [2.05, 4.69) is 0 Å². The van der Waals surface area contributed by atoms with Crippen LogP contribution < -0.4 is 0 Å². The largest absolute Gasteiger partial charge is 0.390 e. The van der Waals surface area contributed by atoms with Gasteiger partial charge in [-0.1, -0.05) is 20.8 Å². The van der Waals surface area contributed by atoms with Crippen LogP contribution in [-0.2, 0) is 9.84 Å². The van der Waals surface area contributed by atoms with E-state index in [1.165, 1.54) is 0 Å². The first-order valence-electron chi connectivity index (χ1n) is 3.58. The van der Waals surface area contributed by atoms with Gasteiger partial charge in [0.25, 0.3) is 0 Å². The second kappa shape index (κ2) is 3.52. The second-order valence-corrected chi connectivity index (χ2v) is 6.89. The van der Waals surface area contributed by atoms with E-state index in [1.807, 2.05) is 0 Å².